The standard InChI is InChI=1S/C14H17N3OS/c18-14(6-4-12-2-1-9-19-12)16-11-3-5-13-15-7-8-17(13)10-11/h1-2,7-9,11H,3-6,10H2,(H,16,18)/t11-/m0/s1. The molecular weight excluding hydrogens is 258 g/mol. The molecule has 19 heavy (non-hydrogen) atoms. The van der Waals surface area contributed by atoms with Crippen molar-refractivity contribution >= 4 is 17.2 Å². The maximum atomic E-state index is 11.9. The minimum atomic E-state index is 0.155. The normalized spacial score (nSPS) is 18.0. The average Bonchev–Trinajstić information content (AvgIpc) is 3.07. The van der Waals surface area contributed by atoms with Gasteiger partial charge >= 0.3 is 0 Å². The summed E-state index contributed by atoms with van der Waals surface area (Å²) >= 11 is 1.71. The molecule has 2 aromatic heterocycles. The van der Waals surface area contributed by atoms with Crippen LogP contribution in [0.3, 0.4) is 0 Å². The molecule has 0 aliphatic carbocycles. The van der Waals surface area contributed by atoms with E-state index in [1.807, 2.05) is 18.5 Å². The Hall–Kier alpha value is -1.62. The van der Waals surface area contributed by atoms with Crippen LogP contribution in [0.2, 0.25) is 0 Å². The molecule has 3 rings (SSSR count). The fourth-order valence-electron chi connectivity index (χ4n) is 2.48. The largest absolute Gasteiger partial charge is 0.352 e. The van der Waals surface area contributed by atoms with Crippen LogP contribution in [0.15, 0.2) is 29.9 Å². The molecule has 100 valence electrons. The molecule has 0 spiro atoms. The first-order valence-corrected chi connectivity index (χ1v) is 7.51. The number of fused-ring (bicyclic) bond motifs is 1. The molecular formula is C14H17N3OS. The first kappa shape index (κ1) is 12.4. The van der Waals surface area contributed by atoms with E-state index in [1.165, 1.54) is 4.88 Å². The molecule has 0 saturated heterocycles. The van der Waals surface area contributed by atoms with Crippen molar-refractivity contribution in [1.29, 1.82) is 0 Å². The van der Waals surface area contributed by atoms with Crippen LogP contribution in [0.4, 0.5) is 0 Å². The highest BCUT2D eigenvalue weighted by atomic mass is 32.1. The number of imidazole rings is 1. The number of thiophene rings is 1. The lowest BCUT2D eigenvalue weighted by Crippen LogP contribution is -2.40. The van der Waals surface area contributed by atoms with Crippen LogP contribution in [-0.2, 0) is 24.2 Å². The lowest BCUT2D eigenvalue weighted by Gasteiger charge is -2.24. The maximum absolute atomic E-state index is 11.9. The van der Waals surface area contributed by atoms with E-state index >= 15 is 0 Å². The Kier molecular flexibility index (Phi) is 3.64. The van der Waals surface area contributed by atoms with Crippen molar-refractivity contribution in [3.05, 3.63) is 40.6 Å². The highest BCUT2D eigenvalue weighted by Gasteiger charge is 2.19. The van der Waals surface area contributed by atoms with Gasteiger partial charge in [-0.15, -0.1) is 11.3 Å². The van der Waals surface area contributed by atoms with Crippen LogP contribution >= 0.6 is 11.3 Å². The van der Waals surface area contributed by atoms with Crippen molar-refractivity contribution in [2.24, 2.45) is 0 Å². The summed E-state index contributed by atoms with van der Waals surface area (Å²) in [6.07, 6.45) is 7.17. The molecule has 3 heterocycles. The van der Waals surface area contributed by atoms with Gasteiger partial charge in [-0.2, -0.15) is 0 Å². The Bertz CT molecular complexity index is 547. The second-order valence-electron chi connectivity index (χ2n) is 4.88. The predicted molar refractivity (Wildman–Crippen MR) is 75.1 cm³/mol. The quantitative estimate of drug-likeness (QED) is 0.928. The molecule has 0 radical (unpaired) electrons. The van der Waals surface area contributed by atoms with Crippen LogP contribution in [0.1, 0.15) is 23.5 Å². The number of hydrogen-bond acceptors (Lipinski definition) is 3. The van der Waals surface area contributed by atoms with Gasteiger partial charge in [-0.1, -0.05) is 6.07 Å². The van der Waals surface area contributed by atoms with Crippen molar-refractivity contribution in [3.8, 4) is 0 Å². The molecule has 0 aromatic carbocycles. The number of carbonyl (C=O) groups is 1. The van der Waals surface area contributed by atoms with Crippen molar-refractivity contribution < 1.29 is 4.79 Å². The monoisotopic (exact) mass is 275 g/mol. The lowest BCUT2D eigenvalue weighted by molar-refractivity contribution is -0.121. The fourth-order valence-corrected chi connectivity index (χ4v) is 3.18. The number of aromatic nitrogens is 2. The summed E-state index contributed by atoms with van der Waals surface area (Å²) in [4.78, 5) is 17.5. The number of amides is 1. The average molecular weight is 275 g/mol. The van der Waals surface area contributed by atoms with E-state index in [2.05, 4.69) is 26.3 Å². The van der Waals surface area contributed by atoms with Crippen LogP contribution in [0, 0.1) is 0 Å². The Morgan fingerprint density at radius 3 is 3.37 bits per heavy atom. The highest BCUT2D eigenvalue weighted by Crippen LogP contribution is 2.14. The number of aryl methyl sites for hydroxylation is 2. The van der Waals surface area contributed by atoms with Gasteiger partial charge in [0, 0.05) is 42.7 Å². The summed E-state index contributed by atoms with van der Waals surface area (Å²) in [5, 5.41) is 5.18. The Balaban J connectivity index is 1.48. The number of nitrogens with one attached hydrogen (secondary N) is 1. The first-order valence-electron chi connectivity index (χ1n) is 6.63. The Morgan fingerprint density at radius 2 is 2.53 bits per heavy atom. The van der Waals surface area contributed by atoms with Crippen LogP contribution in [-0.4, -0.2) is 21.5 Å². The second kappa shape index (κ2) is 5.57. The van der Waals surface area contributed by atoms with Crippen molar-refractivity contribution in [3.63, 3.8) is 0 Å². The van der Waals surface area contributed by atoms with E-state index in [-0.39, 0.29) is 11.9 Å². The number of rotatable bonds is 4. The minimum Gasteiger partial charge on any atom is -0.352 e. The summed E-state index contributed by atoms with van der Waals surface area (Å²) in [7, 11) is 0. The van der Waals surface area contributed by atoms with Crippen LogP contribution in [0.5, 0.6) is 0 Å². The smallest absolute Gasteiger partial charge is 0.220 e. The third kappa shape index (κ3) is 3.04. The fraction of sp³-hybridized carbons (Fsp3) is 0.429. The van der Waals surface area contributed by atoms with Crippen LogP contribution < -0.4 is 5.32 Å². The number of nitrogens with zero attached hydrogens (tertiary/aromatic N) is 2. The molecule has 2 aromatic rings. The zero-order valence-corrected chi connectivity index (χ0v) is 11.5. The maximum Gasteiger partial charge on any atom is 0.220 e. The van der Waals surface area contributed by atoms with Gasteiger partial charge < -0.3 is 9.88 Å². The zero-order chi connectivity index (χ0) is 13.1. The minimum absolute atomic E-state index is 0.155. The SMILES string of the molecule is O=C(CCc1cccs1)N[C@H]1CCc2nccn2C1. The van der Waals surface area contributed by atoms with Gasteiger partial charge in [0.15, 0.2) is 0 Å². The third-order valence-electron chi connectivity index (χ3n) is 3.48. The topological polar surface area (TPSA) is 46.9 Å². The molecule has 1 atom stereocenters. The van der Waals surface area contributed by atoms with Crippen molar-refractivity contribution in [2.75, 3.05) is 0 Å². The molecule has 0 unspecified atom stereocenters. The summed E-state index contributed by atoms with van der Waals surface area (Å²) in [6, 6.07) is 4.35. The molecule has 1 amide bonds. The Labute approximate surface area is 116 Å². The number of hydrogen-bond donors (Lipinski definition) is 1. The van der Waals surface area contributed by atoms with Gasteiger partial charge in [0.1, 0.15) is 5.82 Å². The van der Waals surface area contributed by atoms with Gasteiger partial charge in [0.25, 0.3) is 0 Å². The highest BCUT2D eigenvalue weighted by molar-refractivity contribution is 7.09. The molecule has 1 aliphatic heterocycles. The van der Waals surface area contributed by atoms with Crippen molar-refractivity contribution in [1.82, 2.24) is 14.9 Å². The molecule has 5 heteroatoms. The number of carbonyl (C=O) groups excluding carboxylic acids is 1. The van der Waals surface area contributed by atoms with Crippen LogP contribution in [0.25, 0.3) is 0 Å². The van der Waals surface area contributed by atoms with Gasteiger partial charge in [-0.25, -0.2) is 4.98 Å². The molecule has 0 bridgehead atoms. The molecule has 1 N–H and O–H groups in total. The lowest BCUT2D eigenvalue weighted by atomic mass is 10.1. The summed E-state index contributed by atoms with van der Waals surface area (Å²) in [5.41, 5.74) is 0. The van der Waals surface area contributed by atoms with E-state index in [1.54, 1.807) is 11.3 Å². The summed E-state index contributed by atoms with van der Waals surface area (Å²) in [5.74, 6) is 1.28. The van der Waals surface area contributed by atoms with E-state index in [4.69, 9.17) is 0 Å². The van der Waals surface area contributed by atoms with Gasteiger partial charge in [0.05, 0.1) is 0 Å². The zero-order valence-electron chi connectivity index (χ0n) is 10.7. The van der Waals surface area contributed by atoms with E-state index < -0.39 is 0 Å². The van der Waals surface area contributed by atoms with Gasteiger partial charge in [-0.05, 0) is 24.3 Å². The van der Waals surface area contributed by atoms with E-state index in [0.717, 1.165) is 31.6 Å². The molecule has 0 fully saturated rings. The predicted octanol–water partition coefficient (Wildman–Crippen LogP) is 2.01. The third-order valence-corrected chi connectivity index (χ3v) is 4.42. The molecule has 1 aliphatic rings. The second-order valence-corrected chi connectivity index (χ2v) is 5.91. The van der Waals surface area contributed by atoms with E-state index in [9.17, 15) is 4.79 Å². The van der Waals surface area contributed by atoms with Gasteiger partial charge in [0.2, 0.25) is 5.91 Å². The summed E-state index contributed by atoms with van der Waals surface area (Å²) in [6.45, 7) is 0.847. The van der Waals surface area contributed by atoms with Crippen molar-refractivity contribution in [2.45, 2.75) is 38.3 Å². The first-order chi connectivity index (χ1) is 9.31. The molecule has 0 saturated carbocycles. The Morgan fingerprint density at radius 1 is 1.58 bits per heavy atom. The molecule has 4 nitrogen and oxygen atoms in total. The van der Waals surface area contributed by atoms with Gasteiger partial charge in [-0.3, -0.25) is 4.79 Å². The summed E-state index contributed by atoms with van der Waals surface area (Å²) < 4.78 is 2.13. The van der Waals surface area contributed by atoms with E-state index in [0.29, 0.717) is 6.42 Å².